The molecule has 2 atom stereocenters. The molecule has 128 valence electrons. The van der Waals surface area contributed by atoms with Gasteiger partial charge >= 0.3 is 6.09 Å². The average molecular weight is 330 g/mol. The van der Waals surface area contributed by atoms with E-state index in [1.165, 1.54) is 4.90 Å². The van der Waals surface area contributed by atoms with Gasteiger partial charge in [0.05, 0.1) is 23.2 Å². The quantitative estimate of drug-likeness (QED) is 0.846. The van der Waals surface area contributed by atoms with Crippen LogP contribution in [0.5, 0.6) is 0 Å². The topological polar surface area (TPSA) is 75.7 Å². The van der Waals surface area contributed by atoms with Gasteiger partial charge in [0.1, 0.15) is 5.60 Å². The summed E-state index contributed by atoms with van der Waals surface area (Å²) >= 11 is 0. The lowest BCUT2D eigenvalue weighted by atomic mass is 10.1. The zero-order valence-electron chi connectivity index (χ0n) is 14.2. The highest BCUT2D eigenvalue weighted by atomic mass is 16.6. The fourth-order valence-electron chi connectivity index (χ4n) is 3.39. The van der Waals surface area contributed by atoms with E-state index in [1.807, 2.05) is 0 Å². The molecule has 0 aromatic heterocycles. The molecule has 1 aromatic rings. The molecule has 6 heteroatoms. The zero-order valence-corrected chi connectivity index (χ0v) is 14.2. The Morgan fingerprint density at radius 3 is 2.25 bits per heavy atom. The molecule has 1 aliphatic heterocycles. The smallest absolute Gasteiger partial charge is 0.407 e. The monoisotopic (exact) mass is 330 g/mol. The normalized spacial score (nSPS) is 23.4. The first kappa shape index (κ1) is 16.5. The van der Waals surface area contributed by atoms with Crippen LogP contribution in [0.2, 0.25) is 0 Å². The Labute approximate surface area is 141 Å². The first-order valence-corrected chi connectivity index (χ1v) is 8.24. The van der Waals surface area contributed by atoms with Gasteiger partial charge in [0.2, 0.25) is 0 Å². The third kappa shape index (κ3) is 3.00. The summed E-state index contributed by atoms with van der Waals surface area (Å²) in [5, 5.41) is 2.82. The van der Waals surface area contributed by atoms with E-state index in [0.29, 0.717) is 17.5 Å². The maximum Gasteiger partial charge on any atom is 0.407 e. The molecule has 1 aliphatic carbocycles. The van der Waals surface area contributed by atoms with Crippen LogP contribution in [-0.2, 0) is 4.74 Å². The van der Waals surface area contributed by atoms with Crippen LogP contribution < -0.4 is 5.32 Å². The minimum atomic E-state index is -0.590. The number of ether oxygens (including phenoxy) is 1. The third-order valence-electron chi connectivity index (χ3n) is 4.34. The van der Waals surface area contributed by atoms with Gasteiger partial charge in [-0.1, -0.05) is 12.1 Å². The zero-order chi connectivity index (χ0) is 17.5. The Bertz CT molecular complexity index is 658. The van der Waals surface area contributed by atoms with E-state index in [0.717, 1.165) is 12.8 Å². The van der Waals surface area contributed by atoms with Gasteiger partial charge in [0.25, 0.3) is 11.8 Å². The molecule has 1 N–H and O–H groups in total. The van der Waals surface area contributed by atoms with Crippen LogP contribution in [0.1, 0.15) is 60.7 Å². The second kappa shape index (κ2) is 5.92. The van der Waals surface area contributed by atoms with Crippen molar-refractivity contribution in [2.24, 2.45) is 0 Å². The van der Waals surface area contributed by atoms with Crippen molar-refractivity contribution in [3.63, 3.8) is 0 Å². The Morgan fingerprint density at radius 2 is 1.71 bits per heavy atom. The molecule has 0 radical (unpaired) electrons. The molecular weight excluding hydrogens is 308 g/mol. The molecule has 1 heterocycles. The number of amides is 3. The molecule has 1 saturated carbocycles. The van der Waals surface area contributed by atoms with Crippen molar-refractivity contribution in [3.05, 3.63) is 35.4 Å². The van der Waals surface area contributed by atoms with Gasteiger partial charge in [-0.25, -0.2) is 4.79 Å². The number of rotatable bonds is 2. The summed E-state index contributed by atoms with van der Waals surface area (Å²) in [6.07, 6.45) is 1.73. The Balaban J connectivity index is 1.76. The van der Waals surface area contributed by atoms with Gasteiger partial charge in [0.15, 0.2) is 0 Å². The Morgan fingerprint density at radius 1 is 1.12 bits per heavy atom. The van der Waals surface area contributed by atoms with Gasteiger partial charge in [0, 0.05) is 0 Å². The Hall–Kier alpha value is -2.37. The highest BCUT2D eigenvalue weighted by molar-refractivity contribution is 6.21. The van der Waals surface area contributed by atoms with Crippen LogP contribution in [0, 0.1) is 0 Å². The van der Waals surface area contributed by atoms with E-state index < -0.39 is 11.7 Å². The number of fused-ring (bicyclic) bond motifs is 1. The molecule has 0 saturated heterocycles. The number of hydrogen-bond acceptors (Lipinski definition) is 4. The number of hydrogen-bond donors (Lipinski definition) is 1. The minimum absolute atomic E-state index is 0.276. The van der Waals surface area contributed by atoms with E-state index >= 15 is 0 Å². The lowest BCUT2D eigenvalue weighted by Crippen LogP contribution is -2.51. The van der Waals surface area contributed by atoms with Crippen molar-refractivity contribution in [1.29, 1.82) is 0 Å². The van der Waals surface area contributed by atoms with E-state index in [1.54, 1.807) is 45.0 Å². The SMILES string of the molecule is CC(C)(C)OC(=O)N[C@@H]1CCC[C@@H]1N1C(=O)c2ccccc2C1=O. The number of nitrogens with one attached hydrogen (secondary N) is 1. The maximum absolute atomic E-state index is 12.6. The largest absolute Gasteiger partial charge is 0.444 e. The first-order valence-electron chi connectivity index (χ1n) is 8.24. The van der Waals surface area contributed by atoms with E-state index in [-0.39, 0.29) is 23.9 Å². The predicted molar refractivity (Wildman–Crippen MR) is 87.7 cm³/mol. The summed E-state index contributed by atoms with van der Waals surface area (Å²) in [5.74, 6) is -0.558. The molecule has 2 aliphatic rings. The standard InChI is InChI=1S/C18H22N2O4/c1-18(2,3)24-17(23)19-13-9-6-10-14(13)20-15(21)11-7-4-5-8-12(11)16(20)22/h4-5,7-8,13-14H,6,9-10H2,1-3H3,(H,19,23)/t13-,14+/m1/s1. The van der Waals surface area contributed by atoms with Gasteiger partial charge in [-0.3, -0.25) is 14.5 Å². The molecule has 1 aromatic carbocycles. The molecule has 0 bridgehead atoms. The van der Waals surface area contributed by atoms with Crippen LogP contribution >= 0.6 is 0 Å². The van der Waals surface area contributed by atoms with Gasteiger partial charge in [-0.05, 0) is 52.2 Å². The molecule has 3 rings (SSSR count). The molecule has 3 amide bonds. The highest BCUT2D eigenvalue weighted by Crippen LogP contribution is 2.32. The summed E-state index contributed by atoms with van der Waals surface area (Å²) in [5.41, 5.74) is 0.282. The summed E-state index contributed by atoms with van der Waals surface area (Å²) in [6.45, 7) is 5.38. The van der Waals surface area contributed by atoms with Crippen LogP contribution in [0.15, 0.2) is 24.3 Å². The fraction of sp³-hybridized carbons (Fsp3) is 0.500. The lowest BCUT2D eigenvalue weighted by Gasteiger charge is -2.29. The number of alkyl carbamates (subject to hydrolysis) is 1. The van der Waals surface area contributed by atoms with E-state index in [4.69, 9.17) is 4.74 Å². The summed E-state index contributed by atoms with van der Waals surface area (Å²) < 4.78 is 5.29. The molecular formula is C18H22N2O4. The van der Waals surface area contributed by atoms with Crippen LogP contribution in [0.3, 0.4) is 0 Å². The number of carbonyl (C=O) groups is 3. The molecule has 1 fully saturated rings. The maximum atomic E-state index is 12.6. The van der Waals surface area contributed by atoms with Crippen molar-refractivity contribution in [1.82, 2.24) is 10.2 Å². The van der Waals surface area contributed by atoms with Crippen molar-refractivity contribution >= 4 is 17.9 Å². The number of imide groups is 1. The lowest BCUT2D eigenvalue weighted by molar-refractivity contribution is 0.0431. The number of carbonyl (C=O) groups excluding carboxylic acids is 3. The van der Waals surface area contributed by atoms with Crippen LogP contribution in [0.25, 0.3) is 0 Å². The number of benzene rings is 1. The van der Waals surface area contributed by atoms with Crippen molar-refractivity contribution in [2.75, 3.05) is 0 Å². The average Bonchev–Trinajstić information content (AvgIpc) is 3.01. The number of nitrogens with zero attached hydrogens (tertiary/aromatic N) is 1. The third-order valence-corrected chi connectivity index (χ3v) is 4.34. The minimum Gasteiger partial charge on any atom is -0.444 e. The second-order valence-corrected chi connectivity index (χ2v) is 7.28. The van der Waals surface area contributed by atoms with Gasteiger partial charge in [-0.2, -0.15) is 0 Å². The molecule has 24 heavy (non-hydrogen) atoms. The first-order chi connectivity index (χ1) is 11.3. The van der Waals surface area contributed by atoms with Crippen LogP contribution in [-0.4, -0.2) is 40.5 Å². The van der Waals surface area contributed by atoms with Gasteiger partial charge < -0.3 is 10.1 Å². The van der Waals surface area contributed by atoms with Crippen molar-refractivity contribution < 1.29 is 19.1 Å². The predicted octanol–water partition coefficient (Wildman–Crippen LogP) is 2.73. The fourth-order valence-corrected chi connectivity index (χ4v) is 3.39. The van der Waals surface area contributed by atoms with Gasteiger partial charge in [-0.15, -0.1) is 0 Å². The molecule has 0 unspecified atom stereocenters. The van der Waals surface area contributed by atoms with E-state index in [9.17, 15) is 14.4 Å². The molecule has 0 spiro atoms. The van der Waals surface area contributed by atoms with Crippen molar-refractivity contribution in [2.45, 2.75) is 57.7 Å². The summed E-state index contributed by atoms with van der Waals surface area (Å²) in [7, 11) is 0. The highest BCUT2D eigenvalue weighted by Gasteiger charge is 2.44. The van der Waals surface area contributed by atoms with Crippen LogP contribution in [0.4, 0.5) is 4.79 Å². The second-order valence-electron chi connectivity index (χ2n) is 7.28. The Kier molecular flexibility index (Phi) is 4.07. The summed E-state index contributed by atoms with van der Waals surface area (Å²) in [4.78, 5) is 38.6. The van der Waals surface area contributed by atoms with Crippen molar-refractivity contribution in [3.8, 4) is 0 Å². The summed E-state index contributed by atoms with van der Waals surface area (Å²) in [6, 6.07) is 6.23. The van der Waals surface area contributed by atoms with E-state index in [2.05, 4.69) is 5.32 Å². The molecule has 6 nitrogen and oxygen atoms in total.